The molecule has 0 saturated carbocycles. The van der Waals surface area contributed by atoms with Crippen LogP contribution in [0.1, 0.15) is 96.8 Å². The van der Waals surface area contributed by atoms with Gasteiger partial charge in [0.1, 0.15) is 0 Å². The SMILES string of the molecule is CCCCCCCCC=CCCCCCCCCS(C)=O. The first-order chi connectivity index (χ1) is 10.3. The van der Waals surface area contributed by atoms with Crippen molar-refractivity contribution in [3.8, 4) is 0 Å². The van der Waals surface area contributed by atoms with Gasteiger partial charge in [-0.25, -0.2) is 0 Å². The van der Waals surface area contributed by atoms with Gasteiger partial charge in [-0.05, 0) is 32.1 Å². The normalized spacial score (nSPS) is 13.0. The molecule has 0 saturated heterocycles. The fourth-order valence-corrected chi connectivity index (χ4v) is 3.16. The number of allylic oxidation sites excluding steroid dienone is 2. The van der Waals surface area contributed by atoms with Gasteiger partial charge in [-0.3, -0.25) is 4.21 Å². The predicted octanol–water partition coefficient (Wildman–Crippen LogP) is 6.40. The van der Waals surface area contributed by atoms with Gasteiger partial charge in [-0.1, -0.05) is 76.9 Å². The molecule has 0 heterocycles. The van der Waals surface area contributed by atoms with Gasteiger partial charge in [0.2, 0.25) is 0 Å². The van der Waals surface area contributed by atoms with Gasteiger partial charge >= 0.3 is 0 Å². The first-order valence-electron chi connectivity index (χ1n) is 9.22. The molecule has 126 valence electrons. The highest BCUT2D eigenvalue weighted by Crippen LogP contribution is 2.09. The second kappa shape index (κ2) is 17.9. The zero-order chi connectivity index (χ0) is 15.6. The molecule has 2 heteroatoms. The summed E-state index contributed by atoms with van der Waals surface area (Å²) in [5, 5.41) is 0. The van der Waals surface area contributed by atoms with Crippen LogP contribution in [-0.2, 0) is 10.8 Å². The number of rotatable bonds is 16. The molecule has 0 aromatic heterocycles. The molecule has 0 aromatic carbocycles. The maximum Gasteiger partial charge on any atom is 0.0232 e. The lowest BCUT2D eigenvalue weighted by Crippen LogP contribution is -1.93. The Kier molecular flexibility index (Phi) is 17.8. The van der Waals surface area contributed by atoms with E-state index in [2.05, 4.69) is 19.1 Å². The average Bonchev–Trinajstić information content (AvgIpc) is 2.46. The topological polar surface area (TPSA) is 17.1 Å². The van der Waals surface area contributed by atoms with E-state index in [0.29, 0.717) is 0 Å². The third-order valence-electron chi connectivity index (χ3n) is 3.94. The Morgan fingerprint density at radius 2 is 1.10 bits per heavy atom. The molecule has 0 bridgehead atoms. The molecule has 1 nitrogen and oxygen atoms in total. The Morgan fingerprint density at radius 3 is 1.57 bits per heavy atom. The highest BCUT2D eigenvalue weighted by molar-refractivity contribution is 7.84. The molecule has 0 N–H and O–H groups in total. The van der Waals surface area contributed by atoms with Crippen molar-refractivity contribution in [3.05, 3.63) is 12.2 Å². The summed E-state index contributed by atoms with van der Waals surface area (Å²) in [6.07, 6.45) is 25.3. The zero-order valence-corrected chi connectivity index (χ0v) is 15.4. The summed E-state index contributed by atoms with van der Waals surface area (Å²) in [6.45, 7) is 2.27. The summed E-state index contributed by atoms with van der Waals surface area (Å²) in [5.41, 5.74) is 0. The van der Waals surface area contributed by atoms with Gasteiger partial charge in [-0.15, -0.1) is 0 Å². The third-order valence-corrected chi connectivity index (χ3v) is 4.81. The lowest BCUT2D eigenvalue weighted by molar-refractivity contribution is 0.606. The van der Waals surface area contributed by atoms with Crippen LogP contribution < -0.4 is 0 Å². The van der Waals surface area contributed by atoms with Gasteiger partial charge in [0.25, 0.3) is 0 Å². The Morgan fingerprint density at radius 1 is 0.667 bits per heavy atom. The molecule has 0 aliphatic heterocycles. The maximum atomic E-state index is 10.9. The summed E-state index contributed by atoms with van der Waals surface area (Å²) >= 11 is 0. The Hall–Kier alpha value is -0.110. The van der Waals surface area contributed by atoms with Crippen molar-refractivity contribution in [2.45, 2.75) is 96.8 Å². The van der Waals surface area contributed by atoms with E-state index in [1.165, 1.54) is 83.5 Å². The molecule has 0 fully saturated rings. The van der Waals surface area contributed by atoms with Crippen LogP contribution in [0.3, 0.4) is 0 Å². The quantitative estimate of drug-likeness (QED) is 0.238. The van der Waals surface area contributed by atoms with Crippen molar-refractivity contribution >= 4 is 10.8 Å². The summed E-state index contributed by atoms with van der Waals surface area (Å²) in [6, 6.07) is 0. The molecule has 0 spiro atoms. The molecule has 0 rings (SSSR count). The van der Waals surface area contributed by atoms with Crippen molar-refractivity contribution < 1.29 is 4.21 Å². The van der Waals surface area contributed by atoms with Crippen molar-refractivity contribution in [3.63, 3.8) is 0 Å². The summed E-state index contributed by atoms with van der Waals surface area (Å²) < 4.78 is 10.9. The fraction of sp³-hybridized carbons (Fsp3) is 0.895. The maximum absolute atomic E-state index is 10.9. The van der Waals surface area contributed by atoms with Gasteiger partial charge in [0.05, 0.1) is 0 Å². The highest BCUT2D eigenvalue weighted by Gasteiger charge is 1.93. The van der Waals surface area contributed by atoms with E-state index in [9.17, 15) is 4.21 Å². The summed E-state index contributed by atoms with van der Waals surface area (Å²) in [4.78, 5) is 0. The van der Waals surface area contributed by atoms with Crippen molar-refractivity contribution in [2.75, 3.05) is 12.0 Å². The lowest BCUT2D eigenvalue weighted by atomic mass is 10.1. The minimum atomic E-state index is -0.592. The molecule has 1 unspecified atom stereocenters. The van der Waals surface area contributed by atoms with E-state index >= 15 is 0 Å². The minimum absolute atomic E-state index is 0.592. The predicted molar refractivity (Wildman–Crippen MR) is 98.4 cm³/mol. The molecule has 0 aliphatic rings. The third kappa shape index (κ3) is 19.9. The fourth-order valence-electron chi connectivity index (χ4n) is 2.55. The smallest absolute Gasteiger partial charge is 0.0232 e. The van der Waals surface area contributed by atoms with E-state index in [0.717, 1.165) is 12.2 Å². The Balaban J connectivity index is 3.07. The molecule has 21 heavy (non-hydrogen) atoms. The van der Waals surface area contributed by atoms with E-state index < -0.39 is 10.8 Å². The number of unbranched alkanes of at least 4 members (excludes halogenated alkanes) is 12. The largest absolute Gasteiger partial charge is 0.260 e. The second-order valence-electron chi connectivity index (χ2n) is 6.22. The molecule has 0 amide bonds. The minimum Gasteiger partial charge on any atom is -0.260 e. The summed E-state index contributed by atoms with van der Waals surface area (Å²) in [5.74, 6) is 0.890. The average molecular weight is 315 g/mol. The number of hydrogen-bond donors (Lipinski definition) is 0. The molecule has 0 aromatic rings. The second-order valence-corrected chi connectivity index (χ2v) is 7.77. The standard InChI is InChI=1S/C19H38OS/c1-3-4-5-6-7-8-9-10-11-12-13-14-15-16-17-18-19-21(2)20/h10-11H,3-9,12-19H2,1-2H3. The monoisotopic (exact) mass is 314 g/mol. The number of hydrogen-bond acceptors (Lipinski definition) is 1. The molecule has 1 atom stereocenters. The summed E-state index contributed by atoms with van der Waals surface area (Å²) in [7, 11) is -0.592. The highest BCUT2D eigenvalue weighted by atomic mass is 32.2. The molecule has 0 radical (unpaired) electrons. The van der Waals surface area contributed by atoms with Crippen LogP contribution in [-0.4, -0.2) is 16.2 Å². The lowest BCUT2D eigenvalue weighted by Gasteiger charge is -2.00. The van der Waals surface area contributed by atoms with Crippen LogP contribution in [0.15, 0.2) is 12.2 Å². The first-order valence-corrected chi connectivity index (χ1v) is 10.9. The van der Waals surface area contributed by atoms with Crippen LogP contribution in [0.5, 0.6) is 0 Å². The first kappa shape index (κ1) is 20.9. The van der Waals surface area contributed by atoms with Gasteiger partial charge in [-0.2, -0.15) is 0 Å². The van der Waals surface area contributed by atoms with Gasteiger partial charge in [0.15, 0.2) is 0 Å². The van der Waals surface area contributed by atoms with Crippen LogP contribution in [0, 0.1) is 0 Å². The van der Waals surface area contributed by atoms with Crippen LogP contribution in [0.2, 0.25) is 0 Å². The van der Waals surface area contributed by atoms with E-state index in [-0.39, 0.29) is 0 Å². The Labute approximate surface area is 136 Å². The van der Waals surface area contributed by atoms with Crippen molar-refractivity contribution in [2.24, 2.45) is 0 Å². The molecule has 0 aliphatic carbocycles. The van der Waals surface area contributed by atoms with Crippen molar-refractivity contribution in [1.29, 1.82) is 0 Å². The van der Waals surface area contributed by atoms with Crippen LogP contribution in [0.4, 0.5) is 0 Å². The van der Waals surface area contributed by atoms with Gasteiger partial charge in [0, 0.05) is 22.8 Å². The Bertz CT molecular complexity index is 248. The van der Waals surface area contributed by atoms with Crippen molar-refractivity contribution in [1.82, 2.24) is 0 Å². The molecular weight excluding hydrogens is 276 g/mol. The van der Waals surface area contributed by atoms with Gasteiger partial charge < -0.3 is 0 Å². The van der Waals surface area contributed by atoms with E-state index in [1.807, 2.05) is 0 Å². The zero-order valence-electron chi connectivity index (χ0n) is 14.6. The van der Waals surface area contributed by atoms with E-state index in [1.54, 1.807) is 6.26 Å². The molecular formula is C19H38OS. The van der Waals surface area contributed by atoms with Crippen LogP contribution in [0.25, 0.3) is 0 Å². The van der Waals surface area contributed by atoms with E-state index in [4.69, 9.17) is 0 Å². The van der Waals surface area contributed by atoms with Crippen LogP contribution >= 0.6 is 0 Å².